The molecule has 0 N–H and O–H groups in total. The summed E-state index contributed by atoms with van der Waals surface area (Å²) in [5, 5.41) is 5.79. The van der Waals surface area contributed by atoms with Gasteiger partial charge in [-0.2, -0.15) is 5.10 Å². The van der Waals surface area contributed by atoms with Crippen LogP contribution in [0.1, 0.15) is 0 Å². The Morgan fingerprint density at radius 1 is 0.870 bits per heavy atom. The summed E-state index contributed by atoms with van der Waals surface area (Å²) in [6.07, 6.45) is 5.25. The fraction of sp³-hybridized carbons (Fsp3) is 0. The van der Waals surface area contributed by atoms with E-state index in [0.29, 0.717) is 10.0 Å². The zero-order valence-corrected chi connectivity index (χ0v) is 13.3. The molecule has 4 aromatic rings. The normalized spacial score (nSPS) is 11.0. The summed E-state index contributed by atoms with van der Waals surface area (Å²) < 4.78 is 1.73. The predicted molar refractivity (Wildman–Crippen MR) is 91.7 cm³/mol. The van der Waals surface area contributed by atoms with E-state index in [1.165, 1.54) is 0 Å². The van der Waals surface area contributed by atoms with Crippen molar-refractivity contribution in [3.8, 4) is 22.5 Å². The molecule has 0 unspecified atom stereocenters. The molecule has 1 aromatic carbocycles. The lowest BCUT2D eigenvalue weighted by atomic mass is 10.0. The quantitative estimate of drug-likeness (QED) is 0.528. The van der Waals surface area contributed by atoms with E-state index >= 15 is 0 Å². The highest BCUT2D eigenvalue weighted by Gasteiger charge is 2.13. The number of pyridine rings is 1. The monoisotopic (exact) mass is 340 g/mol. The Bertz CT molecular complexity index is 1010. The Balaban J connectivity index is 1.94. The topological polar surface area (TPSA) is 43.1 Å². The van der Waals surface area contributed by atoms with Gasteiger partial charge in [-0.05, 0) is 42.5 Å². The molecule has 3 aromatic heterocycles. The van der Waals surface area contributed by atoms with E-state index in [9.17, 15) is 0 Å². The number of nitrogens with zero attached hydrogens (tertiary/aromatic N) is 4. The minimum atomic E-state index is 0.595. The summed E-state index contributed by atoms with van der Waals surface area (Å²) >= 11 is 12.4. The zero-order valence-electron chi connectivity index (χ0n) is 11.8. The second-order valence-electron chi connectivity index (χ2n) is 4.97. The van der Waals surface area contributed by atoms with Crippen molar-refractivity contribution >= 4 is 28.8 Å². The van der Waals surface area contributed by atoms with Crippen LogP contribution in [0.3, 0.4) is 0 Å². The highest BCUT2D eigenvalue weighted by atomic mass is 35.5. The van der Waals surface area contributed by atoms with Crippen LogP contribution in [0.15, 0.2) is 61.1 Å². The fourth-order valence-electron chi connectivity index (χ4n) is 2.46. The summed E-state index contributed by atoms with van der Waals surface area (Å²) in [6, 6.07) is 13.0. The number of halogens is 2. The minimum absolute atomic E-state index is 0.595. The van der Waals surface area contributed by atoms with Crippen LogP contribution in [-0.2, 0) is 0 Å². The number of imidazole rings is 1. The molecule has 112 valence electrons. The van der Waals surface area contributed by atoms with Crippen molar-refractivity contribution in [3.05, 3.63) is 71.1 Å². The Hall–Kier alpha value is -2.43. The first-order chi connectivity index (χ1) is 11.2. The van der Waals surface area contributed by atoms with Gasteiger partial charge in [0.2, 0.25) is 0 Å². The van der Waals surface area contributed by atoms with Gasteiger partial charge in [-0.1, -0.05) is 23.2 Å². The Morgan fingerprint density at radius 2 is 1.78 bits per heavy atom. The summed E-state index contributed by atoms with van der Waals surface area (Å²) in [7, 11) is 0. The SMILES string of the molecule is Clc1ccc(Cl)c(-c2ncccc2-c2ccc3nccn3n2)c1. The van der Waals surface area contributed by atoms with Gasteiger partial charge in [0.15, 0.2) is 5.65 Å². The van der Waals surface area contributed by atoms with Crippen molar-refractivity contribution in [2.45, 2.75) is 0 Å². The van der Waals surface area contributed by atoms with Crippen LogP contribution in [0.2, 0.25) is 10.0 Å². The van der Waals surface area contributed by atoms with E-state index in [1.807, 2.05) is 30.3 Å². The van der Waals surface area contributed by atoms with E-state index in [2.05, 4.69) is 15.1 Å². The lowest BCUT2D eigenvalue weighted by Crippen LogP contribution is -1.96. The van der Waals surface area contributed by atoms with Crippen LogP contribution in [0.25, 0.3) is 28.2 Å². The van der Waals surface area contributed by atoms with Gasteiger partial charge in [-0.15, -0.1) is 0 Å². The van der Waals surface area contributed by atoms with Crippen molar-refractivity contribution in [1.82, 2.24) is 19.6 Å². The fourth-order valence-corrected chi connectivity index (χ4v) is 2.84. The molecule has 0 aliphatic rings. The van der Waals surface area contributed by atoms with Crippen LogP contribution in [-0.4, -0.2) is 19.6 Å². The smallest absolute Gasteiger partial charge is 0.153 e. The molecule has 0 bridgehead atoms. The molecule has 0 fully saturated rings. The van der Waals surface area contributed by atoms with Gasteiger partial charge in [-0.25, -0.2) is 9.50 Å². The highest BCUT2D eigenvalue weighted by molar-refractivity contribution is 6.35. The third-order valence-corrected chi connectivity index (χ3v) is 4.09. The maximum Gasteiger partial charge on any atom is 0.153 e. The molecule has 3 heterocycles. The Kier molecular flexibility index (Phi) is 3.48. The van der Waals surface area contributed by atoms with E-state index in [0.717, 1.165) is 28.2 Å². The molecule has 0 amide bonds. The molecule has 0 radical (unpaired) electrons. The van der Waals surface area contributed by atoms with E-state index in [4.69, 9.17) is 23.2 Å². The molecule has 23 heavy (non-hydrogen) atoms. The van der Waals surface area contributed by atoms with Gasteiger partial charge in [0.25, 0.3) is 0 Å². The standard InChI is InChI=1S/C17H10Cl2N4/c18-11-3-4-14(19)13(10-11)17-12(2-1-7-21-17)15-5-6-16-20-8-9-23(16)22-15/h1-10H. The molecule has 0 spiro atoms. The third-order valence-electron chi connectivity index (χ3n) is 3.52. The summed E-state index contributed by atoms with van der Waals surface area (Å²) in [4.78, 5) is 8.69. The Morgan fingerprint density at radius 3 is 2.70 bits per heavy atom. The number of rotatable bonds is 2. The maximum atomic E-state index is 6.33. The lowest BCUT2D eigenvalue weighted by Gasteiger charge is -2.10. The van der Waals surface area contributed by atoms with Crippen molar-refractivity contribution in [2.75, 3.05) is 0 Å². The molecule has 0 saturated carbocycles. The largest absolute Gasteiger partial charge is 0.255 e. The summed E-state index contributed by atoms with van der Waals surface area (Å²) in [6.45, 7) is 0. The van der Waals surface area contributed by atoms with Crippen LogP contribution in [0.4, 0.5) is 0 Å². The minimum Gasteiger partial charge on any atom is -0.255 e. The first-order valence-electron chi connectivity index (χ1n) is 6.93. The maximum absolute atomic E-state index is 6.33. The molecule has 0 saturated heterocycles. The first kappa shape index (κ1) is 14.2. The average molecular weight is 341 g/mol. The number of fused-ring (bicyclic) bond motifs is 1. The highest BCUT2D eigenvalue weighted by Crippen LogP contribution is 2.35. The van der Waals surface area contributed by atoms with Crippen LogP contribution in [0.5, 0.6) is 0 Å². The van der Waals surface area contributed by atoms with Crippen molar-refractivity contribution in [1.29, 1.82) is 0 Å². The Labute approximate surface area is 142 Å². The van der Waals surface area contributed by atoms with Crippen molar-refractivity contribution in [3.63, 3.8) is 0 Å². The second-order valence-corrected chi connectivity index (χ2v) is 5.82. The molecule has 4 nitrogen and oxygen atoms in total. The number of hydrogen-bond acceptors (Lipinski definition) is 3. The molecular weight excluding hydrogens is 331 g/mol. The third kappa shape index (κ3) is 2.56. The lowest BCUT2D eigenvalue weighted by molar-refractivity contribution is 0.942. The molecule has 0 atom stereocenters. The van der Waals surface area contributed by atoms with Gasteiger partial charge in [-0.3, -0.25) is 4.98 Å². The number of aromatic nitrogens is 4. The van der Waals surface area contributed by atoms with E-state index in [1.54, 1.807) is 35.2 Å². The average Bonchev–Trinajstić information content (AvgIpc) is 3.05. The predicted octanol–water partition coefficient (Wildman–Crippen LogP) is 4.77. The van der Waals surface area contributed by atoms with Crippen molar-refractivity contribution < 1.29 is 0 Å². The zero-order chi connectivity index (χ0) is 15.8. The van der Waals surface area contributed by atoms with Gasteiger partial charge in [0, 0.05) is 34.7 Å². The van der Waals surface area contributed by atoms with E-state index < -0.39 is 0 Å². The van der Waals surface area contributed by atoms with Crippen LogP contribution >= 0.6 is 23.2 Å². The number of hydrogen-bond donors (Lipinski definition) is 0. The van der Waals surface area contributed by atoms with Crippen LogP contribution in [0, 0.1) is 0 Å². The van der Waals surface area contributed by atoms with Gasteiger partial charge < -0.3 is 0 Å². The summed E-state index contributed by atoms with van der Waals surface area (Å²) in [5.74, 6) is 0. The van der Waals surface area contributed by atoms with Gasteiger partial charge >= 0.3 is 0 Å². The van der Waals surface area contributed by atoms with Crippen molar-refractivity contribution in [2.24, 2.45) is 0 Å². The number of benzene rings is 1. The molecule has 6 heteroatoms. The van der Waals surface area contributed by atoms with Crippen LogP contribution < -0.4 is 0 Å². The van der Waals surface area contributed by atoms with Gasteiger partial charge in [0.1, 0.15) is 0 Å². The second kappa shape index (κ2) is 5.65. The summed E-state index contributed by atoms with van der Waals surface area (Å²) in [5.41, 5.74) is 3.98. The molecule has 4 rings (SSSR count). The molecule has 0 aliphatic heterocycles. The van der Waals surface area contributed by atoms with Gasteiger partial charge in [0.05, 0.1) is 16.4 Å². The first-order valence-corrected chi connectivity index (χ1v) is 7.69. The molecular formula is C17H10Cl2N4. The molecule has 0 aliphatic carbocycles. The van der Waals surface area contributed by atoms with E-state index in [-0.39, 0.29) is 0 Å².